The van der Waals surface area contributed by atoms with Gasteiger partial charge in [0.15, 0.2) is 9.84 Å². The lowest BCUT2D eigenvalue weighted by Gasteiger charge is -2.18. The average Bonchev–Trinajstić information content (AvgIpc) is 2.77. The molecule has 1 aliphatic heterocycles. The summed E-state index contributed by atoms with van der Waals surface area (Å²) >= 11 is 5.81. The van der Waals surface area contributed by atoms with Crippen LogP contribution in [0.1, 0.15) is 19.0 Å². The molecule has 0 radical (unpaired) electrons. The standard InChI is InChI=1S/C12H19ClN2O4S2/c1-2-14-10-12(8-11(14)9-13)21(18,19)15-4-3-6-20(16,17)7-5-15/h8,10H,2-7,9H2,1H3. The maximum atomic E-state index is 12.6. The van der Waals surface area contributed by atoms with Gasteiger partial charge in [-0.2, -0.15) is 4.31 Å². The highest BCUT2D eigenvalue weighted by atomic mass is 35.5. The molecule has 0 N–H and O–H groups in total. The summed E-state index contributed by atoms with van der Waals surface area (Å²) in [7, 11) is -6.81. The third-order valence-electron chi connectivity index (χ3n) is 3.59. The molecule has 0 unspecified atom stereocenters. The Morgan fingerprint density at radius 1 is 1.29 bits per heavy atom. The SMILES string of the molecule is CCn1cc(S(=O)(=O)N2CCCS(=O)(=O)CC2)cc1CCl. The van der Waals surface area contributed by atoms with Gasteiger partial charge in [-0.3, -0.25) is 0 Å². The zero-order valence-electron chi connectivity index (χ0n) is 11.8. The minimum Gasteiger partial charge on any atom is -0.349 e. The number of aryl methyl sites for hydroxylation is 1. The van der Waals surface area contributed by atoms with Crippen molar-refractivity contribution in [3.05, 3.63) is 18.0 Å². The highest BCUT2D eigenvalue weighted by molar-refractivity contribution is 7.91. The Hall–Kier alpha value is -0.570. The van der Waals surface area contributed by atoms with Crippen LogP contribution in [0.4, 0.5) is 0 Å². The molecule has 6 nitrogen and oxygen atoms in total. The highest BCUT2D eigenvalue weighted by Gasteiger charge is 2.30. The van der Waals surface area contributed by atoms with Crippen LogP contribution in [-0.4, -0.2) is 50.3 Å². The number of nitrogens with zero attached hydrogens (tertiary/aromatic N) is 2. The van der Waals surface area contributed by atoms with Crippen LogP contribution in [-0.2, 0) is 32.3 Å². The van der Waals surface area contributed by atoms with Crippen LogP contribution in [0.3, 0.4) is 0 Å². The van der Waals surface area contributed by atoms with Crippen LogP contribution in [0, 0.1) is 0 Å². The van der Waals surface area contributed by atoms with Crippen molar-refractivity contribution in [2.75, 3.05) is 24.6 Å². The zero-order chi connectivity index (χ0) is 15.7. The summed E-state index contributed by atoms with van der Waals surface area (Å²) in [6.07, 6.45) is 1.89. The Kier molecular flexibility index (Phi) is 5.02. The Bertz CT molecular complexity index is 688. The van der Waals surface area contributed by atoms with E-state index in [9.17, 15) is 16.8 Å². The topological polar surface area (TPSA) is 76.5 Å². The summed E-state index contributed by atoms with van der Waals surface area (Å²) in [6.45, 7) is 2.78. The highest BCUT2D eigenvalue weighted by Crippen LogP contribution is 2.22. The molecule has 1 saturated heterocycles. The van der Waals surface area contributed by atoms with Gasteiger partial charge < -0.3 is 4.57 Å². The van der Waals surface area contributed by atoms with Gasteiger partial charge in [0, 0.05) is 31.5 Å². The summed E-state index contributed by atoms with van der Waals surface area (Å²) in [5.74, 6) is 0.155. The molecule has 1 aliphatic rings. The van der Waals surface area contributed by atoms with Gasteiger partial charge >= 0.3 is 0 Å². The van der Waals surface area contributed by atoms with E-state index in [0.29, 0.717) is 13.0 Å². The third kappa shape index (κ3) is 3.61. The smallest absolute Gasteiger partial charge is 0.244 e. The zero-order valence-corrected chi connectivity index (χ0v) is 14.2. The Morgan fingerprint density at radius 2 is 2.00 bits per heavy atom. The molecule has 0 bridgehead atoms. The van der Waals surface area contributed by atoms with Crippen LogP contribution < -0.4 is 0 Å². The molecule has 2 heterocycles. The molecule has 2 rings (SSSR count). The number of hydrogen-bond donors (Lipinski definition) is 0. The first-order chi connectivity index (χ1) is 9.80. The Morgan fingerprint density at radius 3 is 2.57 bits per heavy atom. The molecule has 0 amide bonds. The minimum absolute atomic E-state index is 0.0121. The monoisotopic (exact) mass is 354 g/mol. The first-order valence-electron chi connectivity index (χ1n) is 6.76. The second-order valence-corrected chi connectivity index (χ2v) is 9.51. The molecule has 0 atom stereocenters. The average molecular weight is 355 g/mol. The van der Waals surface area contributed by atoms with Crippen LogP contribution in [0.2, 0.25) is 0 Å². The van der Waals surface area contributed by atoms with E-state index < -0.39 is 19.9 Å². The van der Waals surface area contributed by atoms with Crippen molar-refractivity contribution in [1.29, 1.82) is 0 Å². The number of sulfonamides is 1. The van der Waals surface area contributed by atoms with Crippen LogP contribution in [0.25, 0.3) is 0 Å². The van der Waals surface area contributed by atoms with Gasteiger partial charge in [0.05, 0.1) is 17.4 Å². The molecular weight excluding hydrogens is 336 g/mol. The predicted molar refractivity (Wildman–Crippen MR) is 81.7 cm³/mol. The maximum absolute atomic E-state index is 12.6. The number of hydrogen-bond acceptors (Lipinski definition) is 4. The van der Waals surface area contributed by atoms with Gasteiger partial charge in [0.1, 0.15) is 4.90 Å². The summed E-state index contributed by atoms with van der Waals surface area (Å²) in [5.41, 5.74) is 0.736. The molecule has 120 valence electrons. The van der Waals surface area contributed by atoms with Crippen molar-refractivity contribution in [3.63, 3.8) is 0 Å². The first-order valence-corrected chi connectivity index (χ1v) is 10.6. The molecule has 0 aromatic carbocycles. The van der Waals surface area contributed by atoms with E-state index in [1.54, 1.807) is 16.8 Å². The van der Waals surface area contributed by atoms with Crippen molar-refractivity contribution in [2.45, 2.75) is 30.7 Å². The van der Waals surface area contributed by atoms with Gasteiger partial charge in [-0.1, -0.05) is 0 Å². The quantitative estimate of drug-likeness (QED) is 0.757. The van der Waals surface area contributed by atoms with Crippen molar-refractivity contribution >= 4 is 31.5 Å². The van der Waals surface area contributed by atoms with Gasteiger partial charge in [-0.05, 0) is 19.4 Å². The molecule has 0 spiro atoms. The molecule has 0 saturated carbocycles. The molecule has 1 aromatic rings. The third-order valence-corrected chi connectivity index (χ3v) is 7.44. The number of aromatic nitrogens is 1. The lowest BCUT2D eigenvalue weighted by atomic mass is 10.5. The second-order valence-electron chi connectivity index (χ2n) is 5.00. The van der Waals surface area contributed by atoms with Gasteiger partial charge in [-0.25, -0.2) is 16.8 Å². The molecule has 1 fully saturated rings. The van der Waals surface area contributed by atoms with E-state index in [1.165, 1.54) is 4.31 Å². The number of sulfone groups is 1. The van der Waals surface area contributed by atoms with E-state index in [0.717, 1.165) is 5.69 Å². The van der Waals surface area contributed by atoms with E-state index in [2.05, 4.69) is 0 Å². The van der Waals surface area contributed by atoms with Crippen molar-refractivity contribution < 1.29 is 16.8 Å². The number of rotatable bonds is 4. The van der Waals surface area contributed by atoms with E-state index >= 15 is 0 Å². The summed E-state index contributed by atoms with van der Waals surface area (Å²) in [5, 5.41) is 0. The van der Waals surface area contributed by atoms with Crippen LogP contribution >= 0.6 is 11.6 Å². The van der Waals surface area contributed by atoms with Crippen molar-refractivity contribution in [1.82, 2.24) is 8.87 Å². The lowest BCUT2D eigenvalue weighted by Crippen LogP contribution is -2.33. The number of halogens is 1. The molecule has 21 heavy (non-hydrogen) atoms. The summed E-state index contributed by atoms with van der Waals surface area (Å²) < 4.78 is 51.5. The van der Waals surface area contributed by atoms with Gasteiger partial charge in [0.25, 0.3) is 0 Å². The number of alkyl halides is 1. The molecular formula is C12H19ClN2O4S2. The predicted octanol–water partition coefficient (Wildman–Crippen LogP) is 1.06. The van der Waals surface area contributed by atoms with Crippen LogP contribution in [0.15, 0.2) is 17.2 Å². The van der Waals surface area contributed by atoms with E-state index in [-0.39, 0.29) is 35.4 Å². The van der Waals surface area contributed by atoms with Gasteiger partial charge in [0.2, 0.25) is 10.0 Å². The Labute approximate surface area is 130 Å². The fraction of sp³-hybridized carbons (Fsp3) is 0.667. The van der Waals surface area contributed by atoms with Crippen molar-refractivity contribution in [3.8, 4) is 0 Å². The lowest BCUT2D eigenvalue weighted by molar-refractivity contribution is 0.434. The minimum atomic E-state index is -3.67. The van der Waals surface area contributed by atoms with Gasteiger partial charge in [-0.15, -0.1) is 11.6 Å². The van der Waals surface area contributed by atoms with E-state index in [4.69, 9.17) is 11.6 Å². The molecule has 1 aromatic heterocycles. The summed E-state index contributed by atoms with van der Waals surface area (Å²) in [6, 6.07) is 1.56. The molecule has 0 aliphatic carbocycles. The fourth-order valence-electron chi connectivity index (χ4n) is 2.38. The second kappa shape index (κ2) is 6.28. The Balaban J connectivity index is 2.31. The van der Waals surface area contributed by atoms with Crippen LogP contribution in [0.5, 0.6) is 0 Å². The normalized spacial score (nSPS) is 20.3. The fourth-order valence-corrected chi connectivity index (χ4v) is 5.54. The summed E-state index contributed by atoms with van der Waals surface area (Å²) in [4.78, 5) is 0.180. The van der Waals surface area contributed by atoms with E-state index in [1.807, 2.05) is 6.92 Å². The van der Waals surface area contributed by atoms with Crippen molar-refractivity contribution in [2.24, 2.45) is 0 Å². The first kappa shape index (κ1) is 16.8. The maximum Gasteiger partial charge on any atom is 0.244 e. The molecule has 9 heteroatoms. The largest absolute Gasteiger partial charge is 0.349 e.